The fourth-order valence-corrected chi connectivity index (χ4v) is 7.33. The fourth-order valence-electron chi connectivity index (χ4n) is 2.45. The molecule has 116 valence electrons. The Hall–Kier alpha value is 1.24. The van der Waals surface area contributed by atoms with Gasteiger partial charge in [0.1, 0.15) is 0 Å². The van der Waals surface area contributed by atoms with Gasteiger partial charge < -0.3 is 0 Å². The predicted molar refractivity (Wildman–Crippen MR) is 102 cm³/mol. The van der Waals surface area contributed by atoms with E-state index in [4.69, 9.17) is 11.1 Å². The average molecular weight is 417 g/mol. The van der Waals surface area contributed by atoms with Crippen molar-refractivity contribution in [3.63, 3.8) is 0 Å². The molecular weight excluding hydrogens is 383 g/mol. The molecule has 0 aromatic heterocycles. The van der Waals surface area contributed by atoms with Gasteiger partial charge in [0.05, 0.1) is 0 Å². The minimum absolute atomic E-state index is 1.33. The smallest absolute Gasteiger partial charge is 0.153 e. The van der Waals surface area contributed by atoms with E-state index in [-0.39, 0.29) is 0 Å². The Kier molecular flexibility index (Phi) is 15.1. The van der Waals surface area contributed by atoms with Crippen LogP contribution in [0.4, 0.5) is 0 Å². The molecule has 0 rings (SSSR count). The summed E-state index contributed by atoms with van der Waals surface area (Å²) in [4.78, 5) is -1.40. The summed E-state index contributed by atoms with van der Waals surface area (Å²) in [6, 6.07) is 2.66. The molecule has 0 bridgehead atoms. The standard InChI is InChI=1S/C16H34ClISi/c1-3-5-7-9-11-13-15-19(17,18)16-14-12-10-8-6-4-2/h3-16H2,1-2H3. The number of rotatable bonds is 14. The molecule has 3 heteroatoms. The average Bonchev–Trinajstić information content (AvgIpc) is 2.38. The second kappa shape index (κ2) is 14.2. The van der Waals surface area contributed by atoms with Crippen LogP contribution in [0, 0.1) is 0 Å². The van der Waals surface area contributed by atoms with E-state index in [9.17, 15) is 0 Å². The minimum atomic E-state index is -1.40. The van der Waals surface area contributed by atoms with Crippen molar-refractivity contribution in [2.75, 3.05) is 0 Å². The molecule has 0 atom stereocenters. The molecule has 0 heterocycles. The first-order valence-electron chi connectivity index (χ1n) is 8.50. The first-order valence-corrected chi connectivity index (χ1v) is 15.0. The van der Waals surface area contributed by atoms with Gasteiger partial charge in [-0.05, 0) is 12.1 Å². The van der Waals surface area contributed by atoms with Gasteiger partial charge in [0.2, 0.25) is 4.88 Å². The molecule has 0 aliphatic heterocycles. The molecular formula is C16H34ClISi. The molecule has 0 N–H and O–H groups in total. The summed E-state index contributed by atoms with van der Waals surface area (Å²) >= 11 is 9.36. The fraction of sp³-hybridized carbons (Fsp3) is 1.00. The number of hydrogen-bond donors (Lipinski definition) is 0. The van der Waals surface area contributed by atoms with E-state index in [0.717, 1.165) is 0 Å². The van der Waals surface area contributed by atoms with Crippen LogP contribution in [-0.4, -0.2) is 4.88 Å². The third kappa shape index (κ3) is 15.4. The van der Waals surface area contributed by atoms with Crippen LogP contribution in [0.25, 0.3) is 0 Å². The van der Waals surface area contributed by atoms with Gasteiger partial charge in [0, 0.05) is 0 Å². The first kappa shape index (κ1) is 20.2. The van der Waals surface area contributed by atoms with Crippen LogP contribution in [0.15, 0.2) is 0 Å². The van der Waals surface area contributed by atoms with Crippen LogP contribution < -0.4 is 0 Å². The maximum Gasteiger partial charge on any atom is 0.221 e. The van der Waals surface area contributed by atoms with E-state index in [1.54, 1.807) is 0 Å². The lowest BCUT2D eigenvalue weighted by Crippen LogP contribution is -2.17. The highest BCUT2D eigenvalue weighted by molar-refractivity contribution is 14.1. The second-order valence-electron chi connectivity index (χ2n) is 5.89. The van der Waals surface area contributed by atoms with Crippen LogP contribution in [-0.2, 0) is 0 Å². The number of unbranched alkanes of at least 4 members (excludes halogenated alkanes) is 10. The van der Waals surface area contributed by atoms with Crippen LogP contribution >= 0.6 is 32.9 Å². The summed E-state index contributed by atoms with van der Waals surface area (Å²) in [6.45, 7) is 4.56. The maximum atomic E-state index is 6.74. The molecule has 0 unspecified atom stereocenters. The molecule has 0 saturated heterocycles. The van der Waals surface area contributed by atoms with Gasteiger partial charge in [-0.1, -0.05) is 113 Å². The van der Waals surface area contributed by atoms with E-state index in [0.29, 0.717) is 0 Å². The number of hydrogen-bond acceptors (Lipinski definition) is 0. The van der Waals surface area contributed by atoms with Crippen molar-refractivity contribution in [1.29, 1.82) is 0 Å². The van der Waals surface area contributed by atoms with Crippen molar-refractivity contribution >= 4 is 37.8 Å². The lowest BCUT2D eigenvalue weighted by Gasteiger charge is -2.17. The number of halogens is 2. The summed E-state index contributed by atoms with van der Waals surface area (Å²) in [5.41, 5.74) is 0. The minimum Gasteiger partial charge on any atom is -0.153 e. The lowest BCUT2D eigenvalue weighted by atomic mass is 10.1. The molecule has 0 fully saturated rings. The molecule has 0 aliphatic rings. The third-order valence-corrected chi connectivity index (χ3v) is 10.3. The SMILES string of the molecule is CCCCCCCC[Si](Cl)(I)CCCCCCCC. The van der Waals surface area contributed by atoms with E-state index < -0.39 is 4.88 Å². The topological polar surface area (TPSA) is 0 Å². The Morgan fingerprint density at radius 3 is 1.32 bits per heavy atom. The molecule has 0 aromatic carbocycles. The zero-order chi connectivity index (χ0) is 14.4. The summed E-state index contributed by atoms with van der Waals surface area (Å²) in [5, 5.41) is 0. The molecule has 0 aliphatic carbocycles. The Morgan fingerprint density at radius 2 is 0.947 bits per heavy atom. The van der Waals surface area contributed by atoms with E-state index in [2.05, 4.69) is 35.6 Å². The van der Waals surface area contributed by atoms with Gasteiger partial charge in [-0.2, -0.15) is 11.1 Å². The highest BCUT2D eigenvalue weighted by atomic mass is 127. The Balaban J connectivity index is 3.36. The van der Waals surface area contributed by atoms with Gasteiger partial charge in [-0.3, -0.25) is 0 Å². The molecule has 19 heavy (non-hydrogen) atoms. The van der Waals surface area contributed by atoms with E-state index in [1.165, 1.54) is 89.1 Å². The Labute approximate surface area is 140 Å². The van der Waals surface area contributed by atoms with Crippen molar-refractivity contribution < 1.29 is 0 Å². The maximum absolute atomic E-state index is 6.74. The van der Waals surface area contributed by atoms with Crippen molar-refractivity contribution in [2.45, 2.75) is 103 Å². The second-order valence-corrected chi connectivity index (χ2v) is 18.9. The van der Waals surface area contributed by atoms with E-state index in [1.807, 2.05) is 0 Å². The van der Waals surface area contributed by atoms with Crippen molar-refractivity contribution in [3.8, 4) is 0 Å². The van der Waals surface area contributed by atoms with Gasteiger partial charge in [0.25, 0.3) is 0 Å². The highest BCUT2D eigenvalue weighted by Gasteiger charge is 2.25. The molecule has 0 nitrogen and oxygen atoms in total. The van der Waals surface area contributed by atoms with Gasteiger partial charge in [-0.15, -0.1) is 0 Å². The molecule has 0 spiro atoms. The zero-order valence-corrected chi connectivity index (χ0v) is 17.1. The van der Waals surface area contributed by atoms with Crippen LogP contribution in [0.1, 0.15) is 90.9 Å². The summed E-state index contributed by atoms with van der Waals surface area (Å²) in [6.07, 6.45) is 16.7. The van der Waals surface area contributed by atoms with Crippen LogP contribution in [0.3, 0.4) is 0 Å². The summed E-state index contributed by atoms with van der Waals surface area (Å²) in [7, 11) is 0. The third-order valence-electron chi connectivity index (χ3n) is 3.79. The van der Waals surface area contributed by atoms with Gasteiger partial charge >= 0.3 is 0 Å². The van der Waals surface area contributed by atoms with Crippen LogP contribution in [0.2, 0.25) is 12.1 Å². The summed E-state index contributed by atoms with van der Waals surface area (Å²) < 4.78 is 0. The Bertz CT molecular complexity index is 168. The predicted octanol–water partition coefficient (Wildman–Crippen LogP) is 7.82. The summed E-state index contributed by atoms with van der Waals surface area (Å²) in [5.74, 6) is 0. The molecule has 0 radical (unpaired) electrons. The van der Waals surface area contributed by atoms with E-state index >= 15 is 0 Å². The molecule has 0 aromatic rings. The normalized spacial score (nSPS) is 12.0. The molecule has 0 saturated carbocycles. The monoisotopic (exact) mass is 416 g/mol. The molecule has 0 amide bonds. The van der Waals surface area contributed by atoms with Crippen molar-refractivity contribution in [1.82, 2.24) is 0 Å². The largest absolute Gasteiger partial charge is 0.221 e. The quantitative estimate of drug-likeness (QED) is 0.117. The first-order chi connectivity index (χ1) is 9.12. The zero-order valence-electron chi connectivity index (χ0n) is 13.2. The Morgan fingerprint density at radius 1 is 0.632 bits per heavy atom. The van der Waals surface area contributed by atoms with Gasteiger partial charge in [0.15, 0.2) is 0 Å². The van der Waals surface area contributed by atoms with Crippen molar-refractivity contribution in [2.24, 2.45) is 0 Å². The lowest BCUT2D eigenvalue weighted by molar-refractivity contribution is 0.618. The van der Waals surface area contributed by atoms with Crippen molar-refractivity contribution in [3.05, 3.63) is 0 Å². The van der Waals surface area contributed by atoms with Gasteiger partial charge in [-0.25, -0.2) is 0 Å². The van der Waals surface area contributed by atoms with Crippen LogP contribution in [0.5, 0.6) is 0 Å². The highest BCUT2D eigenvalue weighted by Crippen LogP contribution is 2.33.